The molecule has 1 aromatic heterocycles. The van der Waals surface area contributed by atoms with E-state index < -0.39 is 14.3 Å². The lowest BCUT2D eigenvalue weighted by Gasteiger charge is -2.17. The first-order valence-corrected chi connectivity index (χ1v) is 9.19. The average Bonchev–Trinajstić information content (AvgIpc) is 3.02. The van der Waals surface area contributed by atoms with Crippen molar-refractivity contribution in [1.29, 1.82) is 0 Å². The van der Waals surface area contributed by atoms with Gasteiger partial charge in [0.15, 0.2) is 0 Å². The molecule has 1 unspecified atom stereocenters. The highest BCUT2D eigenvalue weighted by Gasteiger charge is 2.39. The van der Waals surface area contributed by atoms with Crippen LogP contribution in [0.5, 0.6) is 0 Å². The highest BCUT2D eigenvalue weighted by molar-refractivity contribution is 8.14. The van der Waals surface area contributed by atoms with Crippen LogP contribution in [0.15, 0.2) is 30.3 Å². The molecule has 122 valence electrons. The van der Waals surface area contributed by atoms with Crippen LogP contribution in [0.4, 0.5) is 10.2 Å². The van der Waals surface area contributed by atoms with Crippen molar-refractivity contribution in [2.45, 2.75) is 18.6 Å². The quantitative estimate of drug-likeness (QED) is 0.787. The monoisotopic (exact) mass is 357 g/mol. The Bertz CT molecular complexity index is 864. The number of halogens is 2. The zero-order valence-electron chi connectivity index (χ0n) is 12.1. The molecule has 0 bridgehead atoms. The van der Waals surface area contributed by atoms with E-state index in [0.29, 0.717) is 17.2 Å². The fourth-order valence-corrected chi connectivity index (χ4v) is 3.56. The molecule has 1 atom stereocenters. The van der Waals surface area contributed by atoms with Crippen molar-refractivity contribution in [1.82, 2.24) is 9.78 Å². The SMILES string of the molecule is Cc1cc(N2CC(S(=O)(=O)Cl)CC2=O)n(-c2ccc(F)cc2)n1. The Labute approximate surface area is 136 Å². The molecule has 0 radical (unpaired) electrons. The van der Waals surface area contributed by atoms with E-state index in [1.165, 1.54) is 33.8 Å². The van der Waals surface area contributed by atoms with Crippen LogP contribution in [0.3, 0.4) is 0 Å². The summed E-state index contributed by atoms with van der Waals surface area (Å²) in [7, 11) is 1.54. The molecule has 1 aliphatic heterocycles. The number of aryl methyl sites for hydroxylation is 1. The molecule has 1 aromatic carbocycles. The van der Waals surface area contributed by atoms with E-state index in [2.05, 4.69) is 5.10 Å². The summed E-state index contributed by atoms with van der Waals surface area (Å²) in [6, 6.07) is 7.30. The Hall–Kier alpha value is -1.93. The van der Waals surface area contributed by atoms with Crippen LogP contribution < -0.4 is 4.90 Å². The number of hydrogen-bond acceptors (Lipinski definition) is 4. The number of carbonyl (C=O) groups excluding carboxylic acids is 1. The lowest BCUT2D eigenvalue weighted by Crippen LogP contribution is -2.28. The minimum Gasteiger partial charge on any atom is -0.295 e. The van der Waals surface area contributed by atoms with Crippen LogP contribution in [-0.4, -0.2) is 35.9 Å². The standard InChI is InChI=1S/C14H13ClFN3O3S/c1-9-6-13(18-8-12(7-14(18)20)23(15,21)22)19(17-9)11-4-2-10(16)3-5-11/h2-6,12H,7-8H2,1H3. The fraction of sp³-hybridized carbons (Fsp3) is 0.286. The van der Waals surface area contributed by atoms with Crippen LogP contribution in [0.2, 0.25) is 0 Å². The molecule has 3 rings (SSSR count). The van der Waals surface area contributed by atoms with Gasteiger partial charge < -0.3 is 0 Å². The minimum atomic E-state index is -3.82. The maximum Gasteiger partial charge on any atom is 0.237 e. The fourth-order valence-electron chi connectivity index (χ4n) is 2.54. The van der Waals surface area contributed by atoms with E-state index in [1.54, 1.807) is 13.0 Å². The third-order valence-electron chi connectivity index (χ3n) is 3.65. The Morgan fingerprint density at radius 2 is 1.96 bits per heavy atom. The van der Waals surface area contributed by atoms with E-state index in [-0.39, 0.29) is 24.7 Å². The lowest BCUT2D eigenvalue weighted by atomic mass is 10.3. The van der Waals surface area contributed by atoms with Crippen molar-refractivity contribution >= 4 is 31.5 Å². The summed E-state index contributed by atoms with van der Waals surface area (Å²) in [6.07, 6.45) is -0.167. The van der Waals surface area contributed by atoms with Crippen molar-refractivity contribution in [3.8, 4) is 5.69 Å². The van der Waals surface area contributed by atoms with Crippen LogP contribution in [-0.2, 0) is 13.8 Å². The maximum atomic E-state index is 13.1. The van der Waals surface area contributed by atoms with Gasteiger partial charge in [0, 0.05) is 29.7 Å². The zero-order chi connectivity index (χ0) is 16.8. The van der Waals surface area contributed by atoms with Crippen molar-refractivity contribution in [2.24, 2.45) is 0 Å². The molecule has 2 aromatic rings. The van der Waals surface area contributed by atoms with Crippen molar-refractivity contribution in [3.05, 3.63) is 41.8 Å². The molecule has 1 aliphatic rings. The van der Waals surface area contributed by atoms with Crippen LogP contribution in [0.1, 0.15) is 12.1 Å². The van der Waals surface area contributed by atoms with Gasteiger partial charge in [0.2, 0.25) is 15.0 Å². The van der Waals surface area contributed by atoms with Gasteiger partial charge in [-0.05, 0) is 31.2 Å². The van der Waals surface area contributed by atoms with Gasteiger partial charge in [0.05, 0.1) is 11.4 Å². The predicted molar refractivity (Wildman–Crippen MR) is 83.8 cm³/mol. The average molecular weight is 358 g/mol. The van der Waals surface area contributed by atoms with Crippen molar-refractivity contribution in [3.63, 3.8) is 0 Å². The van der Waals surface area contributed by atoms with Gasteiger partial charge in [-0.3, -0.25) is 9.69 Å². The van der Waals surface area contributed by atoms with Gasteiger partial charge in [-0.2, -0.15) is 5.10 Å². The molecule has 1 fully saturated rings. The molecule has 1 amide bonds. The molecule has 2 heterocycles. The van der Waals surface area contributed by atoms with Crippen molar-refractivity contribution in [2.75, 3.05) is 11.4 Å². The Balaban J connectivity index is 2.01. The largest absolute Gasteiger partial charge is 0.295 e. The predicted octanol–water partition coefficient (Wildman–Crippen LogP) is 1.99. The molecule has 6 nitrogen and oxygen atoms in total. The third-order valence-corrected chi connectivity index (χ3v) is 5.52. The second kappa shape index (κ2) is 5.61. The Morgan fingerprint density at radius 1 is 1.30 bits per heavy atom. The molecule has 0 N–H and O–H groups in total. The van der Waals surface area contributed by atoms with Gasteiger partial charge >= 0.3 is 0 Å². The minimum absolute atomic E-state index is 0.0308. The molecule has 0 aliphatic carbocycles. The highest BCUT2D eigenvalue weighted by Crippen LogP contribution is 2.29. The normalized spacial score (nSPS) is 18.7. The number of carbonyl (C=O) groups is 1. The van der Waals surface area contributed by atoms with E-state index in [1.807, 2.05) is 0 Å². The van der Waals surface area contributed by atoms with E-state index in [4.69, 9.17) is 10.7 Å². The molecule has 9 heteroatoms. The maximum absolute atomic E-state index is 13.1. The van der Waals surface area contributed by atoms with Gasteiger partial charge in [-0.1, -0.05) is 0 Å². The number of hydrogen-bond donors (Lipinski definition) is 0. The summed E-state index contributed by atoms with van der Waals surface area (Å²) >= 11 is 0. The van der Waals surface area contributed by atoms with Crippen LogP contribution in [0.25, 0.3) is 5.69 Å². The van der Waals surface area contributed by atoms with Gasteiger partial charge in [0.1, 0.15) is 16.9 Å². The molecule has 0 spiro atoms. The highest BCUT2D eigenvalue weighted by atomic mass is 35.7. The molecule has 0 saturated carbocycles. The topological polar surface area (TPSA) is 72.3 Å². The van der Waals surface area contributed by atoms with Crippen molar-refractivity contribution < 1.29 is 17.6 Å². The van der Waals surface area contributed by atoms with Crippen LogP contribution in [0, 0.1) is 12.7 Å². The number of nitrogens with zero attached hydrogens (tertiary/aromatic N) is 3. The van der Waals surface area contributed by atoms with Gasteiger partial charge in [-0.25, -0.2) is 17.5 Å². The third kappa shape index (κ3) is 3.09. The van der Waals surface area contributed by atoms with E-state index in [0.717, 1.165) is 0 Å². The summed E-state index contributed by atoms with van der Waals surface area (Å²) in [4.78, 5) is 13.5. The van der Waals surface area contributed by atoms with E-state index in [9.17, 15) is 17.6 Å². The molecule has 1 saturated heterocycles. The van der Waals surface area contributed by atoms with Gasteiger partial charge in [-0.15, -0.1) is 0 Å². The smallest absolute Gasteiger partial charge is 0.237 e. The Kier molecular flexibility index (Phi) is 3.89. The first-order valence-electron chi connectivity index (χ1n) is 6.82. The summed E-state index contributed by atoms with van der Waals surface area (Å²) in [5.41, 5.74) is 1.22. The summed E-state index contributed by atoms with van der Waals surface area (Å²) < 4.78 is 37.5. The number of rotatable bonds is 3. The Morgan fingerprint density at radius 3 is 2.52 bits per heavy atom. The number of benzene rings is 1. The molecular weight excluding hydrogens is 345 g/mol. The summed E-state index contributed by atoms with van der Waals surface area (Å²) in [5.74, 6) is -0.297. The molecular formula is C14H13ClFN3O3S. The summed E-state index contributed by atoms with van der Waals surface area (Å²) in [6.45, 7) is 1.72. The zero-order valence-corrected chi connectivity index (χ0v) is 13.7. The molecule has 23 heavy (non-hydrogen) atoms. The lowest BCUT2D eigenvalue weighted by molar-refractivity contribution is -0.117. The second-order valence-electron chi connectivity index (χ2n) is 5.34. The van der Waals surface area contributed by atoms with E-state index >= 15 is 0 Å². The number of amides is 1. The number of anilines is 1. The first-order chi connectivity index (χ1) is 10.8. The number of aromatic nitrogens is 2. The van der Waals surface area contributed by atoms with Gasteiger partial charge in [0.25, 0.3) is 0 Å². The first kappa shape index (κ1) is 15.9. The second-order valence-corrected chi connectivity index (χ2v) is 8.25. The summed E-state index contributed by atoms with van der Waals surface area (Å²) in [5, 5.41) is 3.34. The van der Waals surface area contributed by atoms with Crippen LogP contribution >= 0.6 is 10.7 Å².